The molecule has 0 saturated heterocycles. The molecular weight excluding hydrogens is 854 g/mol. The number of benzene rings is 8. The number of fused-ring (bicyclic) bond motifs is 5. The van der Waals surface area contributed by atoms with Crippen LogP contribution in [0.15, 0.2) is 146 Å². The molecule has 296 valence electrons. The Morgan fingerprint density at radius 1 is 0.362 bits per heavy atom. The van der Waals surface area contributed by atoms with E-state index >= 15 is 0 Å². The van der Waals surface area contributed by atoms with Crippen LogP contribution in [0.25, 0.3) is 65.3 Å². The Hall–Kier alpha value is -3.07. The smallest absolute Gasteiger partial charge is 0 e. The van der Waals surface area contributed by atoms with E-state index < -0.39 is 0 Å². The summed E-state index contributed by atoms with van der Waals surface area (Å²) in [5, 5.41) is 9.73. The van der Waals surface area contributed by atoms with Gasteiger partial charge in [-0.25, -0.2) is 11.1 Å². The fraction of sp³-hybridized carbons (Fsp3) is 0.259. The predicted molar refractivity (Wildman–Crippen MR) is 247 cm³/mol. The van der Waals surface area contributed by atoms with Crippen molar-refractivity contribution >= 4 is 43.1 Å². The van der Waals surface area contributed by atoms with Crippen LogP contribution in [0.1, 0.15) is 55.4 Å². The van der Waals surface area contributed by atoms with E-state index in [0.29, 0.717) is 0 Å². The third-order valence-corrected chi connectivity index (χ3v) is 9.98. The van der Waals surface area contributed by atoms with E-state index in [9.17, 15) is 0 Å². The first-order valence-corrected chi connectivity index (χ1v) is 20.6. The average molecular weight is 915 g/mol. The third kappa shape index (κ3) is 14.3. The summed E-state index contributed by atoms with van der Waals surface area (Å²) in [6, 6.07) is 63.8. The Balaban J connectivity index is 0.000000288. The SMILES string of the molecule is CC.CCN(CC)CC.CCN(CC)CC.[Y].[Y].[c-]1ccc2ccccc2c1-c1[c-]c2ccccc2cc1.[c-]1ccccc1-c1[c-]c2ccccc2c2ccccc12. The van der Waals surface area contributed by atoms with E-state index in [1.54, 1.807) is 0 Å². The summed E-state index contributed by atoms with van der Waals surface area (Å²) < 4.78 is 0. The van der Waals surface area contributed by atoms with Crippen LogP contribution in [0.2, 0.25) is 0 Å². The van der Waals surface area contributed by atoms with E-state index in [0.717, 1.165) is 33.0 Å². The zero-order valence-corrected chi connectivity index (χ0v) is 41.8. The molecule has 0 unspecified atom stereocenters. The van der Waals surface area contributed by atoms with Crippen molar-refractivity contribution < 1.29 is 65.4 Å². The maximum Gasteiger partial charge on any atom is 0 e. The van der Waals surface area contributed by atoms with Crippen LogP contribution >= 0.6 is 0 Å². The van der Waals surface area contributed by atoms with Crippen LogP contribution in [0, 0.1) is 24.3 Å². The Morgan fingerprint density at radius 3 is 1.43 bits per heavy atom. The summed E-state index contributed by atoms with van der Waals surface area (Å²) in [6.07, 6.45) is 0. The average Bonchev–Trinajstić information content (AvgIpc) is 3.28. The first kappa shape index (κ1) is 51.1. The van der Waals surface area contributed by atoms with Crippen LogP contribution < -0.4 is 0 Å². The predicted octanol–water partition coefficient (Wildman–Crippen LogP) is 14.2. The largest absolute Gasteiger partial charge is 0.304 e. The van der Waals surface area contributed by atoms with E-state index in [1.807, 2.05) is 38.1 Å². The fourth-order valence-electron chi connectivity index (χ4n) is 6.72. The first-order chi connectivity index (χ1) is 27.5. The van der Waals surface area contributed by atoms with E-state index in [1.165, 1.54) is 71.6 Å². The van der Waals surface area contributed by atoms with Gasteiger partial charge in [-0.2, -0.15) is 65.7 Å². The number of hydrogen-bond donors (Lipinski definition) is 0. The van der Waals surface area contributed by atoms with Crippen molar-refractivity contribution in [3.63, 3.8) is 0 Å². The molecule has 0 N–H and O–H groups in total. The molecular formula is C54H60N2Y2-4. The van der Waals surface area contributed by atoms with Crippen molar-refractivity contribution in [2.75, 3.05) is 39.3 Å². The molecule has 0 amide bonds. The zero-order chi connectivity index (χ0) is 40.1. The van der Waals surface area contributed by atoms with Gasteiger partial charge in [-0.15, -0.1) is 63.3 Å². The quantitative estimate of drug-likeness (QED) is 0.111. The van der Waals surface area contributed by atoms with Gasteiger partial charge in [0.2, 0.25) is 0 Å². The van der Waals surface area contributed by atoms with Crippen LogP contribution in [-0.4, -0.2) is 49.1 Å². The molecule has 58 heavy (non-hydrogen) atoms. The second-order valence-electron chi connectivity index (χ2n) is 13.0. The zero-order valence-electron chi connectivity index (χ0n) is 36.1. The Kier molecular flexibility index (Phi) is 25.0. The minimum atomic E-state index is 0. The molecule has 2 nitrogen and oxygen atoms in total. The molecule has 0 atom stereocenters. The van der Waals surface area contributed by atoms with Gasteiger partial charge >= 0.3 is 0 Å². The molecule has 4 heteroatoms. The molecule has 2 radical (unpaired) electrons. The van der Waals surface area contributed by atoms with Gasteiger partial charge in [-0.1, -0.05) is 150 Å². The summed E-state index contributed by atoms with van der Waals surface area (Å²) in [5.41, 5.74) is 4.43. The normalized spacial score (nSPS) is 10.2. The maximum absolute atomic E-state index is 3.55. The monoisotopic (exact) mass is 914 g/mol. The Labute approximate surface area is 401 Å². The molecule has 0 aliphatic carbocycles. The summed E-state index contributed by atoms with van der Waals surface area (Å²) in [4.78, 5) is 4.75. The fourth-order valence-corrected chi connectivity index (χ4v) is 6.72. The van der Waals surface area contributed by atoms with Gasteiger partial charge in [0.25, 0.3) is 0 Å². The summed E-state index contributed by atoms with van der Waals surface area (Å²) in [5.74, 6) is 0. The molecule has 0 spiro atoms. The van der Waals surface area contributed by atoms with Crippen LogP contribution in [0.5, 0.6) is 0 Å². The summed E-state index contributed by atoms with van der Waals surface area (Å²) in [6.45, 7) is 24.2. The van der Waals surface area contributed by atoms with Crippen molar-refractivity contribution in [3.8, 4) is 22.3 Å². The topological polar surface area (TPSA) is 6.48 Å². The van der Waals surface area contributed by atoms with Crippen molar-refractivity contribution in [1.29, 1.82) is 0 Å². The molecule has 8 aromatic rings. The molecule has 0 aliphatic rings. The third-order valence-electron chi connectivity index (χ3n) is 9.98. The Bertz CT molecular complexity index is 2300. The van der Waals surface area contributed by atoms with Gasteiger partial charge in [-0.05, 0) is 39.3 Å². The second kappa shape index (κ2) is 28.4. The number of rotatable bonds is 8. The van der Waals surface area contributed by atoms with Gasteiger partial charge in [0, 0.05) is 65.4 Å². The van der Waals surface area contributed by atoms with Gasteiger partial charge in [0.15, 0.2) is 0 Å². The van der Waals surface area contributed by atoms with Gasteiger partial charge in [0.05, 0.1) is 0 Å². The molecule has 0 heterocycles. The first-order valence-electron chi connectivity index (χ1n) is 20.6. The summed E-state index contributed by atoms with van der Waals surface area (Å²) >= 11 is 0. The molecule has 8 rings (SSSR count). The molecule has 0 aliphatic heterocycles. The Morgan fingerprint density at radius 2 is 0.862 bits per heavy atom. The van der Waals surface area contributed by atoms with Crippen LogP contribution in [0.3, 0.4) is 0 Å². The van der Waals surface area contributed by atoms with Crippen molar-refractivity contribution in [2.24, 2.45) is 0 Å². The molecule has 0 fully saturated rings. The van der Waals surface area contributed by atoms with Crippen LogP contribution in [-0.2, 0) is 65.4 Å². The van der Waals surface area contributed by atoms with E-state index in [-0.39, 0.29) is 65.4 Å². The van der Waals surface area contributed by atoms with Gasteiger partial charge in [0.1, 0.15) is 0 Å². The van der Waals surface area contributed by atoms with E-state index in [4.69, 9.17) is 0 Å². The van der Waals surface area contributed by atoms with Gasteiger partial charge < -0.3 is 9.80 Å². The summed E-state index contributed by atoms with van der Waals surface area (Å²) in [7, 11) is 0. The molecule has 0 aromatic heterocycles. The second-order valence-corrected chi connectivity index (χ2v) is 13.0. The van der Waals surface area contributed by atoms with Gasteiger partial charge in [-0.3, -0.25) is 0 Å². The number of hydrogen-bond acceptors (Lipinski definition) is 2. The molecule has 0 bridgehead atoms. The maximum atomic E-state index is 3.55. The van der Waals surface area contributed by atoms with Crippen molar-refractivity contribution in [2.45, 2.75) is 55.4 Å². The molecule has 8 aromatic carbocycles. The standard InChI is InChI=1S/2C20H12.2C6H15N.C2H6.2Y/c1-2-8-17-14-18(13-12-15(17)6-1)20-11-5-9-16-7-3-4-10-19(16)20;1-2-8-15(9-3-1)20-14-16-10-4-5-11-17(16)18-12-6-7-13-19(18)20;2*1-4-7(5-2)6-3;1-2;;/h1-10,12-13H;1-8,10-13H;2*4-6H2,1-3H3;1-2H3;;/q2*-2;;;;;. The van der Waals surface area contributed by atoms with Crippen LogP contribution in [0.4, 0.5) is 0 Å². The number of nitrogens with zero attached hydrogens (tertiary/aromatic N) is 2. The minimum Gasteiger partial charge on any atom is -0.304 e. The minimum absolute atomic E-state index is 0. The van der Waals surface area contributed by atoms with E-state index in [2.05, 4.69) is 197 Å². The van der Waals surface area contributed by atoms with Crippen molar-refractivity contribution in [3.05, 3.63) is 170 Å². The van der Waals surface area contributed by atoms with Crippen molar-refractivity contribution in [1.82, 2.24) is 9.80 Å². The molecule has 0 saturated carbocycles.